The fourth-order valence-electron chi connectivity index (χ4n) is 1.80. The van der Waals surface area contributed by atoms with Gasteiger partial charge in [0.2, 0.25) is 0 Å². The second kappa shape index (κ2) is 8.23. The average molecular weight is 334 g/mol. The maximum absolute atomic E-state index is 12.4. The van der Waals surface area contributed by atoms with Crippen molar-refractivity contribution >= 4 is 61.5 Å². The SMILES string of the molecule is COc1ccc(PC(=O)c2c(Cl)cccc2Cl)c(C)c1.[Li]. The number of carbonyl (C=O) groups excluding carboxylic acids is 1. The van der Waals surface area contributed by atoms with Gasteiger partial charge in [0.1, 0.15) is 5.75 Å². The molecule has 0 heterocycles. The number of hydrogen-bond acceptors (Lipinski definition) is 2. The van der Waals surface area contributed by atoms with E-state index in [4.69, 9.17) is 27.9 Å². The van der Waals surface area contributed by atoms with E-state index in [1.807, 2.05) is 25.1 Å². The number of halogens is 2. The second-order valence-corrected chi connectivity index (χ2v) is 6.29. The number of carbonyl (C=O) groups is 1. The molecule has 0 fully saturated rings. The number of rotatable bonds is 4. The van der Waals surface area contributed by atoms with Crippen LogP contribution >= 0.6 is 31.8 Å². The van der Waals surface area contributed by atoms with Gasteiger partial charge in [0.05, 0.1) is 22.7 Å². The summed E-state index contributed by atoms with van der Waals surface area (Å²) in [7, 11) is 1.60. The van der Waals surface area contributed by atoms with E-state index in [-0.39, 0.29) is 33.0 Å². The van der Waals surface area contributed by atoms with Gasteiger partial charge in [-0.15, -0.1) is 0 Å². The van der Waals surface area contributed by atoms with Crippen molar-refractivity contribution in [3.8, 4) is 5.75 Å². The number of benzene rings is 2. The van der Waals surface area contributed by atoms with E-state index < -0.39 is 0 Å². The van der Waals surface area contributed by atoms with Crippen LogP contribution in [-0.4, -0.2) is 31.5 Å². The second-order valence-electron chi connectivity index (χ2n) is 4.23. The molecule has 2 rings (SSSR count). The van der Waals surface area contributed by atoms with Gasteiger partial charge < -0.3 is 4.74 Å². The van der Waals surface area contributed by atoms with Crippen LogP contribution in [0.3, 0.4) is 0 Å². The molecule has 1 unspecified atom stereocenters. The van der Waals surface area contributed by atoms with Crippen LogP contribution < -0.4 is 10.0 Å². The number of aryl methyl sites for hydroxylation is 1. The number of methoxy groups -OCH3 is 1. The van der Waals surface area contributed by atoms with E-state index in [9.17, 15) is 4.79 Å². The van der Waals surface area contributed by atoms with Crippen molar-refractivity contribution in [1.82, 2.24) is 0 Å². The van der Waals surface area contributed by atoms with Crippen LogP contribution in [-0.2, 0) is 0 Å². The van der Waals surface area contributed by atoms with Gasteiger partial charge in [0, 0.05) is 18.9 Å². The first-order valence-electron chi connectivity index (χ1n) is 5.93. The maximum atomic E-state index is 12.4. The predicted octanol–water partition coefficient (Wildman–Crippen LogP) is 4.07. The summed E-state index contributed by atoms with van der Waals surface area (Å²) in [6, 6.07) is 10.7. The summed E-state index contributed by atoms with van der Waals surface area (Å²) in [5, 5.41) is 1.74. The van der Waals surface area contributed by atoms with Crippen LogP contribution in [0.15, 0.2) is 36.4 Å². The van der Waals surface area contributed by atoms with E-state index in [2.05, 4.69) is 0 Å². The average Bonchev–Trinajstić information content (AvgIpc) is 2.41. The molecule has 2 aromatic rings. The molecule has 0 aliphatic carbocycles. The van der Waals surface area contributed by atoms with Crippen LogP contribution in [0.2, 0.25) is 10.0 Å². The molecule has 0 spiro atoms. The molecule has 1 atom stereocenters. The third-order valence-electron chi connectivity index (χ3n) is 2.87. The summed E-state index contributed by atoms with van der Waals surface area (Å²) in [5.41, 5.74) is 1.34. The van der Waals surface area contributed by atoms with Crippen LogP contribution in [0.1, 0.15) is 15.9 Å². The minimum atomic E-state index is -0.0612. The molecule has 0 amide bonds. The molecule has 0 saturated carbocycles. The first kappa shape index (κ1) is 18.6. The normalized spacial score (nSPS) is 10.5. The van der Waals surface area contributed by atoms with Crippen LogP contribution in [0, 0.1) is 6.92 Å². The summed E-state index contributed by atoms with van der Waals surface area (Å²) in [6.07, 6.45) is 0. The fraction of sp³-hybridized carbons (Fsp3) is 0.133. The molecule has 105 valence electrons. The zero-order chi connectivity index (χ0) is 14.7. The van der Waals surface area contributed by atoms with Crippen molar-refractivity contribution < 1.29 is 9.53 Å². The minimum absolute atomic E-state index is 0. The van der Waals surface area contributed by atoms with Crippen molar-refractivity contribution in [1.29, 1.82) is 0 Å². The zero-order valence-corrected chi connectivity index (χ0v) is 14.5. The van der Waals surface area contributed by atoms with E-state index in [0.717, 1.165) is 16.6 Å². The molecule has 0 aliphatic rings. The van der Waals surface area contributed by atoms with Crippen molar-refractivity contribution in [3.63, 3.8) is 0 Å². The van der Waals surface area contributed by atoms with Gasteiger partial charge in [-0.1, -0.05) is 35.3 Å². The summed E-state index contributed by atoms with van der Waals surface area (Å²) < 4.78 is 5.15. The molecule has 1 radical (unpaired) electrons. The third-order valence-corrected chi connectivity index (χ3v) is 4.81. The summed E-state index contributed by atoms with van der Waals surface area (Å²) >= 11 is 12.1. The van der Waals surface area contributed by atoms with Crippen molar-refractivity contribution in [2.45, 2.75) is 6.92 Å². The molecule has 0 aliphatic heterocycles. The number of ether oxygens (including phenoxy) is 1. The van der Waals surface area contributed by atoms with Crippen molar-refractivity contribution in [2.24, 2.45) is 0 Å². The Hall–Kier alpha value is -0.483. The molecule has 0 aromatic heterocycles. The number of hydrogen-bond donors (Lipinski definition) is 0. The zero-order valence-electron chi connectivity index (χ0n) is 12.0. The Morgan fingerprint density at radius 1 is 1.14 bits per heavy atom. The van der Waals surface area contributed by atoms with Gasteiger partial charge in [0.25, 0.3) is 0 Å². The largest absolute Gasteiger partial charge is 0.497 e. The molecule has 2 aromatic carbocycles. The van der Waals surface area contributed by atoms with Crippen LogP contribution in [0.25, 0.3) is 0 Å². The van der Waals surface area contributed by atoms with Crippen LogP contribution in [0.5, 0.6) is 5.75 Å². The summed E-state index contributed by atoms with van der Waals surface area (Å²) in [6.45, 7) is 1.95. The Morgan fingerprint density at radius 3 is 2.29 bits per heavy atom. The topological polar surface area (TPSA) is 26.3 Å². The molecule has 0 N–H and O–H groups in total. The van der Waals surface area contributed by atoms with E-state index >= 15 is 0 Å². The Balaban J connectivity index is 0.00000220. The van der Waals surface area contributed by atoms with Gasteiger partial charge in [-0.05, 0) is 50.6 Å². The first-order valence-corrected chi connectivity index (χ1v) is 7.68. The molecule has 0 saturated heterocycles. The Morgan fingerprint density at radius 2 is 1.76 bits per heavy atom. The molecular formula is C15H13Cl2LiO2P. The Kier molecular flexibility index (Phi) is 7.28. The molecular weight excluding hydrogens is 321 g/mol. The van der Waals surface area contributed by atoms with E-state index in [1.165, 1.54) is 0 Å². The fourth-order valence-corrected chi connectivity index (χ4v) is 3.61. The molecule has 6 heteroatoms. The maximum Gasteiger partial charge on any atom is 0.188 e. The van der Waals surface area contributed by atoms with E-state index in [0.29, 0.717) is 15.6 Å². The predicted molar refractivity (Wildman–Crippen MR) is 92.2 cm³/mol. The molecule has 0 bridgehead atoms. The smallest absolute Gasteiger partial charge is 0.188 e. The van der Waals surface area contributed by atoms with Gasteiger partial charge in [0.15, 0.2) is 5.52 Å². The molecule has 2 nitrogen and oxygen atoms in total. The van der Waals surface area contributed by atoms with Gasteiger partial charge in [-0.3, -0.25) is 4.79 Å². The van der Waals surface area contributed by atoms with Crippen LogP contribution in [0.4, 0.5) is 0 Å². The van der Waals surface area contributed by atoms with Crippen molar-refractivity contribution in [3.05, 3.63) is 57.6 Å². The standard InChI is InChI=1S/C15H13Cl2O2P.Li/c1-9-8-10(19-2)6-7-13(9)20-15(18)14-11(16)4-3-5-12(14)17;/h3-8,20H,1-2H3;. The summed E-state index contributed by atoms with van der Waals surface area (Å²) in [4.78, 5) is 12.4. The Labute approximate surface area is 148 Å². The summed E-state index contributed by atoms with van der Waals surface area (Å²) in [5.74, 6) is 0.777. The van der Waals surface area contributed by atoms with E-state index in [1.54, 1.807) is 25.3 Å². The van der Waals surface area contributed by atoms with Gasteiger partial charge in [-0.2, -0.15) is 0 Å². The first-order chi connectivity index (χ1) is 9.52. The van der Waals surface area contributed by atoms with Gasteiger partial charge in [-0.25, -0.2) is 0 Å². The quantitative estimate of drug-likeness (QED) is 0.622. The minimum Gasteiger partial charge on any atom is -0.497 e. The van der Waals surface area contributed by atoms with Crippen molar-refractivity contribution in [2.75, 3.05) is 7.11 Å². The van der Waals surface area contributed by atoms with Gasteiger partial charge >= 0.3 is 0 Å². The monoisotopic (exact) mass is 333 g/mol. The third kappa shape index (κ3) is 4.49. The Bertz CT molecular complexity index is 642. The molecule has 21 heavy (non-hydrogen) atoms.